The molecule has 2 rings (SSSR count). The molecule has 1 aromatic carbocycles. The summed E-state index contributed by atoms with van der Waals surface area (Å²) in [5.74, 6) is 0.168. The Balaban J connectivity index is -0.000000436. The van der Waals surface area contributed by atoms with E-state index in [9.17, 15) is 22.6 Å². The molecule has 8 nitrogen and oxygen atoms in total. The number of carbonyl (C=O) groups is 2. The van der Waals surface area contributed by atoms with Crippen LogP contribution in [0.2, 0.25) is 0 Å². The van der Waals surface area contributed by atoms with Crippen LogP contribution in [0.4, 0.5) is 0 Å². The minimum absolute atomic E-state index is 0. The van der Waals surface area contributed by atoms with Crippen molar-refractivity contribution in [1.29, 1.82) is 0 Å². The fraction of sp³-hybridized carbons (Fsp3) is 0.417. The first-order valence-corrected chi connectivity index (χ1v) is 12.1. The number of quaternary nitrogens is 1. The second kappa shape index (κ2) is 19.7. The molecule has 1 fully saturated rings. The molecule has 0 aromatic heterocycles. The number of hydrogen-bond acceptors (Lipinski definition) is 5. The summed E-state index contributed by atoms with van der Waals surface area (Å²) in [6, 6.07) is 8.75. The van der Waals surface area contributed by atoms with Crippen molar-refractivity contribution in [3.05, 3.63) is 66.2 Å². The molecule has 0 atom stereocenters. The standard InChI is InChI=1S/C10H20N2O.C8H8O3S.C6H9NO.ClH.Na/c1-9(2)10(13)11-7-6-8-12(3,4)5;9-12(10,11)7-6-8-4-2-1-3-5-8;1-2-7-5-3-4-6(7)8;;/h1,6-8H2,2-5H3;1-7H,(H,9,10,11);2H,1,3-5H2;1H;/q;;;;+1/p-1. The molecule has 1 N–H and O–H groups in total. The van der Waals surface area contributed by atoms with Crippen molar-refractivity contribution in [1.82, 2.24) is 10.2 Å². The Labute approximate surface area is 239 Å². The number of nitrogens with one attached hydrogen (secondary N) is 1. The summed E-state index contributed by atoms with van der Waals surface area (Å²) in [5, 5.41) is 3.45. The number of rotatable bonds is 8. The van der Waals surface area contributed by atoms with Gasteiger partial charge in [0.1, 0.15) is 10.1 Å². The molecule has 0 saturated carbocycles. The van der Waals surface area contributed by atoms with E-state index in [-0.39, 0.29) is 53.8 Å². The van der Waals surface area contributed by atoms with Crippen LogP contribution in [0, 0.1) is 0 Å². The fourth-order valence-corrected chi connectivity index (χ4v) is 2.82. The first kappa shape index (κ1) is 38.1. The van der Waals surface area contributed by atoms with Crippen LogP contribution >= 0.6 is 0 Å². The Bertz CT molecular complexity index is 917. The van der Waals surface area contributed by atoms with Gasteiger partial charge in [0.25, 0.3) is 0 Å². The molecule has 0 bridgehead atoms. The van der Waals surface area contributed by atoms with Crippen molar-refractivity contribution in [2.45, 2.75) is 26.2 Å². The molecule has 1 aliphatic rings. The maximum atomic E-state index is 11.1. The molecule has 0 radical (unpaired) electrons. The molecular formula is C24H37ClN3NaO5S. The van der Waals surface area contributed by atoms with E-state index in [4.69, 9.17) is 0 Å². The Hall–Kier alpha value is -1.46. The second-order valence-electron chi connectivity index (χ2n) is 8.48. The SMILES string of the molecule is C=C(C)C(=O)NCCC[N+](C)(C)C.C=CN1CCCC1=O.O=S(=O)([O-])C=Cc1ccccc1.[Cl-].[Na+]. The van der Waals surface area contributed by atoms with Gasteiger partial charge >= 0.3 is 29.6 Å². The third-order valence-electron chi connectivity index (χ3n) is 4.24. The van der Waals surface area contributed by atoms with Crippen molar-refractivity contribution < 1.29 is 69.0 Å². The third kappa shape index (κ3) is 22.7. The molecule has 1 saturated heterocycles. The van der Waals surface area contributed by atoms with E-state index in [1.54, 1.807) is 42.3 Å². The smallest absolute Gasteiger partial charge is 1.00 e. The number of halogens is 1. The van der Waals surface area contributed by atoms with E-state index in [1.165, 1.54) is 6.08 Å². The summed E-state index contributed by atoms with van der Waals surface area (Å²) in [6.45, 7) is 11.4. The van der Waals surface area contributed by atoms with Gasteiger partial charge in [0, 0.05) is 36.9 Å². The zero-order valence-electron chi connectivity index (χ0n) is 21.5. The van der Waals surface area contributed by atoms with E-state index in [0.717, 1.165) is 37.0 Å². The van der Waals surface area contributed by atoms with Gasteiger partial charge in [0.05, 0.1) is 27.7 Å². The maximum absolute atomic E-state index is 11.1. The first-order valence-electron chi connectivity index (χ1n) is 10.6. The van der Waals surface area contributed by atoms with Gasteiger partial charge in [0.15, 0.2) is 0 Å². The number of benzene rings is 1. The summed E-state index contributed by atoms with van der Waals surface area (Å²) in [5.41, 5.74) is 1.27. The molecule has 192 valence electrons. The molecular weight excluding hydrogens is 501 g/mol. The third-order valence-corrected chi connectivity index (χ3v) is 4.71. The van der Waals surface area contributed by atoms with Crippen LogP contribution in [0.1, 0.15) is 31.7 Å². The average Bonchev–Trinajstić information content (AvgIpc) is 3.15. The number of carbonyl (C=O) groups excluding carboxylic acids is 2. The van der Waals surface area contributed by atoms with Crippen LogP contribution in [-0.4, -0.2) is 74.9 Å². The van der Waals surface area contributed by atoms with Crippen LogP contribution in [0.5, 0.6) is 0 Å². The van der Waals surface area contributed by atoms with Gasteiger partial charge in [-0.2, -0.15) is 0 Å². The van der Waals surface area contributed by atoms with Gasteiger partial charge in [-0.25, -0.2) is 8.42 Å². The normalized spacial score (nSPS) is 12.7. The van der Waals surface area contributed by atoms with Gasteiger partial charge < -0.3 is 31.7 Å². The van der Waals surface area contributed by atoms with Gasteiger partial charge in [-0.15, -0.1) is 0 Å². The van der Waals surface area contributed by atoms with Crippen molar-refractivity contribution in [3.8, 4) is 0 Å². The topological polar surface area (TPSA) is 107 Å². The predicted octanol–water partition coefficient (Wildman–Crippen LogP) is -3.26. The van der Waals surface area contributed by atoms with E-state index >= 15 is 0 Å². The molecule has 0 spiro atoms. The van der Waals surface area contributed by atoms with Crippen molar-refractivity contribution in [3.63, 3.8) is 0 Å². The van der Waals surface area contributed by atoms with Crippen LogP contribution < -0.4 is 47.3 Å². The number of hydrogen-bond donors (Lipinski definition) is 1. The largest absolute Gasteiger partial charge is 1.00 e. The summed E-state index contributed by atoms with van der Waals surface area (Å²) in [6.07, 6.45) is 5.55. The maximum Gasteiger partial charge on any atom is 1.00 e. The predicted molar refractivity (Wildman–Crippen MR) is 132 cm³/mol. The van der Waals surface area contributed by atoms with Crippen molar-refractivity contribution in [2.24, 2.45) is 0 Å². The van der Waals surface area contributed by atoms with Crippen LogP contribution in [0.3, 0.4) is 0 Å². The Morgan fingerprint density at radius 1 is 1.23 bits per heavy atom. The number of nitrogens with zero attached hydrogens (tertiary/aromatic N) is 2. The second-order valence-corrected chi connectivity index (χ2v) is 9.74. The van der Waals surface area contributed by atoms with E-state index in [1.807, 2.05) is 6.07 Å². The van der Waals surface area contributed by atoms with E-state index in [2.05, 4.69) is 39.6 Å². The first-order chi connectivity index (χ1) is 15.2. The number of likely N-dealkylation sites (tertiary alicyclic amines) is 1. The monoisotopic (exact) mass is 537 g/mol. The molecule has 1 aromatic rings. The summed E-state index contributed by atoms with van der Waals surface area (Å²) in [4.78, 5) is 23.4. The quantitative estimate of drug-likeness (QED) is 0.123. The Kier molecular flexibility index (Phi) is 21.4. The molecule has 11 heteroatoms. The zero-order chi connectivity index (χ0) is 25.5. The Morgan fingerprint density at radius 3 is 2.17 bits per heavy atom. The van der Waals surface area contributed by atoms with E-state index < -0.39 is 10.1 Å². The van der Waals surface area contributed by atoms with Gasteiger partial charge in [-0.1, -0.05) is 43.5 Å². The van der Waals surface area contributed by atoms with E-state index in [0.29, 0.717) is 23.0 Å². The fourth-order valence-electron chi connectivity index (χ4n) is 2.49. The van der Waals surface area contributed by atoms with Gasteiger partial charge in [0.2, 0.25) is 11.8 Å². The summed E-state index contributed by atoms with van der Waals surface area (Å²) in [7, 11) is 2.17. The minimum atomic E-state index is -4.25. The molecule has 2 amide bonds. The molecule has 1 heterocycles. The molecule has 35 heavy (non-hydrogen) atoms. The van der Waals surface area contributed by atoms with Crippen LogP contribution in [-0.2, 0) is 19.7 Å². The van der Waals surface area contributed by atoms with Crippen molar-refractivity contribution >= 4 is 28.0 Å². The minimum Gasteiger partial charge on any atom is -1.00 e. The van der Waals surface area contributed by atoms with Gasteiger partial charge in [-0.05, 0) is 31.2 Å². The number of amides is 2. The summed E-state index contributed by atoms with van der Waals surface area (Å²) >= 11 is 0. The van der Waals surface area contributed by atoms with Crippen LogP contribution in [0.15, 0.2) is 60.7 Å². The zero-order valence-corrected chi connectivity index (χ0v) is 25.1. The van der Waals surface area contributed by atoms with Crippen molar-refractivity contribution in [2.75, 3.05) is 40.8 Å². The Morgan fingerprint density at radius 2 is 1.80 bits per heavy atom. The molecule has 0 unspecified atom stereocenters. The average molecular weight is 538 g/mol. The molecule has 0 aliphatic carbocycles. The van der Waals surface area contributed by atoms with Gasteiger partial charge in [-0.3, -0.25) is 9.59 Å². The molecule has 1 aliphatic heterocycles. The van der Waals surface area contributed by atoms with Crippen LogP contribution in [0.25, 0.3) is 6.08 Å². The summed E-state index contributed by atoms with van der Waals surface area (Å²) < 4.78 is 31.4.